The zero-order valence-electron chi connectivity index (χ0n) is 19.1. The molecule has 0 N–H and O–H groups in total. The summed E-state index contributed by atoms with van der Waals surface area (Å²) < 4.78 is 38.0. The Morgan fingerprint density at radius 3 is 2.33 bits per heavy atom. The van der Waals surface area contributed by atoms with E-state index in [0.29, 0.717) is 37.8 Å². The zero-order valence-corrected chi connectivity index (χ0v) is 20.8. The van der Waals surface area contributed by atoms with Crippen LogP contribution in [0.25, 0.3) is 5.69 Å². The second-order valence-corrected chi connectivity index (χ2v) is 10.7. The molecule has 0 radical (unpaired) electrons. The van der Waals surface area contributed by atoms with Gasteiger partial charge in [0.2, 0.25) is 5.95 Å². The van der Waals surface area contributed by atoms with Crippen LogP contribution < -0.4 is 4.90 Å². The van der Waals surface area contributed by atoms with E-state index >= 15 is 0 Å². The molecule has 1 unspecified atom stereocenters. The molecule has 11 heteroatoms. The minimum atomic E-state index is -4.05. The van der Waals surface area contributed by atoms with Crippen molar-refractivity contribution in [3.63, 3.8) is 0 Å². The Morgan fingerprint density at radius 2 is 1.69 bits per heavy atom. The van der Waals surface area contributed by atoms with Crippen LogP contribution in [-0.4, -0.2) is 55.2 Å². The van der Waals surface area contributed by atoms with Gasteiger partial charge < -0.3 is 9.64 Å². The predicted molar refractivity (Wildman–Crippen MR) is 137 cm³/mol. The molecule has 5 rings (SSSR count). The van der Waals surface area contributed by atoms with Gasteiger partial charge in [0.15, 0.2) is 5.82 Å². The molecule has 0 aliphatic carbocycles. The molecule has 3 heterocycles. The van der Waals surface area contributed by atoms with Crippen molar-refractivity contribution in [3.8, 4) is 11.8 Å². The van der Waals surface area contributed by atoms with Crippen molar-refractivity contribution in [1.29, 1.82) is 5.26 Å². The molecule has 9 nitrogen and oxygen atoms in total. The highest BCUT2D eigenvalue weighted by atomic mass is 32.2. The van der Waals surface area contributed by atoms with Gasteiger partial charge in [-0.05, 0) is 29.1 Å². The van der Waals surface area contributed by atoms with Crippen molar-refractivity contribution < 1.29 is 13.2 Å². The van der Waals surface area contributed by atoms with E-state index in [2.05, 4.69) is 20.7 Å². The van der Waals surface area contributed by atoms with Gasteiger partial charge in [-0.15, -0.1) is 21.5 Å². The lowest BCUT2D eigenvalue weighted by molar-refractivity contribution is 0.122. The number of aromatic nitrogens is 3. The molecule has 2 aromatic carbocycles. The van der Waals surface area contributed by atoms with Crippen molar-refractivity contribution in [2.45, 2.75) is 10.1 Å². The molecule has 0 bridgehead atoms. The van der Waals surface area contributed by atoms with Crippen LogP contribution in [0.2, 0.25) is 0 Å². The highest BCUT2D eigenvalue weighted by Gasteiger charge is 2.31. The second-order valence-electron chi connectivity index (χ2n) is 7.94. The molecule has 4 aromatic rings. The lowest BCUT2D eigenvalue weighted by atomic mass is 9.97. The quantitative estimate of drug-likeness (QED) is 0.343. The van der Waals surface area contributed by atoms with Gasteiger partial charge in [-0.3, -0.25) is 4.57 Å². The molecule has 36 heavy (non-hydrogen) atoms. The van der Waals surface area contributed by atoms with Crippen LogP contribution in [0.1, 0.15) is 17.3 Å². The monoisotopic (exact) mass is 518 g/mol. The topological polar surface area (TPSA) is 113 Å². The van der Waals surface area contributed by atoms with E-state index in [1.54, 1.807) is 40.3 Å². The maximum Gasteiger partial charge on any atom is 0.292 e. The summed E-state index contributed by atoms with van der Waals surface area (Å²) in [5.41, 5.74) is 1.36. The van der Waals surface area contributed by atoms with Gasteiger partial charge in [0, 0.05) is 13.1 Å². The molecular formula is C25H22N6O3S2. The van der Waals surface area contributed by atoms with Crippen LogP contribution in [0.3, 0.4) is 0 Å². The Bertz CT molecular complexity index is 1490. The van der Waals surface area contributed by atoms with Gasteiger partial charge in [-0.25, -0.2) is 0 Å². The molecule has 1 aliphatic rings. The minimum absolute atomic E-state index is 0.0876. The summed E-state index contributed by atoms with van der Waals surface area (Å²) in [6.07, 6.45) is 0. The summed E-state index contributed by atoms with van der Waals surface area (Å²) in [5, 5.41) is 20.9. The number of nitriles is 1. The van der Waals surface area contributed by atoms with Crippen LogP contribution >= 0.6 is 11.3 Å². The van der Waals surface area contributed by atoms with Gasteiger partial charge in [-0.2, -0.15) is 18.1 Å². The smallest absolute Gasteiger partial charge is 0.292 e. The number of hydrogen-bond acceptors (Lipinski definition) is 8. The number of sulfonamides is 1. The second kappa shape index (κ2) is 10.4. The van der Waals surface area contributed by atoms with Crippen molar-refractivity contribution in [2.24, 2.45) is 4.40 Å². The fourth-order valence-corrected chi connectivity index (χ4v) is 6.00. The molecule has 1 fully saturated rings. The fourth-order valence-electron chi connectivity index (χ4n) is 3.97. The molecule has 182 valence electrons. The first-order valence-corrected chi connectivity index (χ1v) is 13.6. The normalized spacial score (nSPS) is 15.4. The maximum atomic E-state index is 13.2. The number of rotatable bonds is 7. The molecule has 0 saturated carbocycles. The van der Waals surface area contributed by atoms with Crippen molar-refractivity contribution in [1.82, 2.24) is 14.8 Å². The Kier molecular flexibility index (Phi) is 6.90. The summed E-state index contributed by atoms with van der Waals surface area (Å²) in [4.78, 5) is 2.04. The number of benzene rings is 2. The Morgan fingerprint density at radius 1 is 1.00 bits per heavy atom. The summed E-state index contributed by atoms with van der Waals surface area (Å²) >= 11 is 1.08. The number of para-hydroxylation sites is 1. The van der Waals surface area contributed by atoms with Crippen LogP contribution in [-0.2, 0) is 14.8 Å². The van der Waals surface area contributed by atoms with Gasteiger partial charge >= 0.3 is 0 Å². The third kappa shape index (κ3) is 4.79. The largest absolute Gasteiger partial charge is 0.378 e. The van der Waals surface area contributed by atoms with Gasteiger partial charge in [0.05, 0.1) is 30.7 Å². The zero-order chi connectivity index (χ0) is 25.0. The van der Waals surface area contributed by atoms with E-state index in [-0.39, 0.29) is 15.7 Å². The number of anilines is 1. The predicted octanol–water partition coefficient (Wildman–Crippen LogP) is 3.65. The molecule has 0 spiro atoms. The number of nitrogens with zero attached hydrogens (tertiary/aromatic N) is 6. The van der Waals surface area contributed by atoms with Crippen LogP contribution in [0.5, 0.6) is 0 Å². The minimum Gasteiger partial charge on any atom is -0.378 e. The highest BCUT2D eigenvalue weighted by Crippen LogP contribution is 2.30. The van der Waals surface area contributed by atoms with Gasteiger partial charge in [-0.1, -0.05) is 54.6 Å². The van der Waals surface area contributed by atoms with Crippen LogP contribution in [0, 0.1) is 11.3 Å². The molecule has 2 aromatic heterocycles. The Hall–Kier alpha value is -3.85. The van der Waals surface area contributed by atoms with Crippen molar-refractivity contribution >= 4 is 33.0 Å². The average Bonchev–Trinajstić information content (AvgIpc) is 3.62. The van der Waals surface area contributed by atoms with E-state index in [1.165, 1.54) is 6.07 Å². The van der Waals surface area contributed by atoms with E-state index in [1.807, 2.05) is 41.3 Å². The van der Waals surface area contributed by atoms with Gasteiger partial charge in [0.1, 0.15) is 10.1 Å². The lowest BCUT2D eigenvalue weighted by Gasteiger charge is -2.28. The number of hydrogen-bond donors (Lipinski definition) is 0. The van der Waals surface area contributed by atoms with Gasteiger partial charge in [0.25, 0.3) is 10.0 Å². The first kappa shape index (κ1) is 23.9. The van der Waals surface area contributed by atoms with Crippen molar-refractivity contribution in [3.05, 3.63) is 89.6 Å². The first-order chi connectivity index (χ1) is 17.6. The van der Waals surface area contributed by atoms with E-state index in [0.717, 1.165) is 17.0 Å². The van der Waals surface area contributed by atoms with E-state index < -0.39 is 15.9 Å². The van der Waals surface area contributed by atoms with E-state index in [4.69, 9.17) is 4.74 Å². The fraction of sp³-hybridized carbons (Fsp3) is 0.200. The van der Waals surface area contributed by atoms with Crippen LogP contribution in [0.4, 0.5) is 5.95 Å². The summed E-state index contributed by atoms with van der Waals surface area (Å²) in [5.74, 6) is -0.257. The maximum absolute atomic E-state index is 13.2. The Balaban J connectivity index is 1.70. The molecule has 1 aliphatic heterocycles. The molecular weight excluding hydrogens is 496 g/mol. The number of ether oxygens (including phenoxy) is 1. The number of morpholine rings is 1. The standard InChI is InChI=1S/C25H22N6O3S2/c26-18-21(23(19-8-3-1-4-9-19)29-36(32,33)22-12-7-17-35-22)24-27-28-25(30-13-15-34-16-14-30)31(24)20-10-5-2-6-11-20/h1-12,17,21H,13-16H2/b29-23+. The third-order valence-electron chi connectivity index (χ3n) is 5.68. The summed E-state index contributed by atoms with van der Waals surface area (Å²) in [6.45, 7) is 2.34. The third-order valence-corrected chi connectivity index (χ3v) is 8.34. The average molecular weight is 519 g/mol. The molecule has 0 amide bonds. The molecule has 1 atom stereocenters. The molecule has 1 saturated heterocycles. The Labute approximate surface area is 213 Å². The SMILES string of the molecule is N#CC(/C(=N/S(=O)(=O)c1cccs1)c1ccccc1)c1nnc(N2CCOCC2)n1-c1ccccc1. The summed E-state index contributed by atoms with van der Waals surface area (Å²) in [7, 11) is -4.05. The first-order valence-electron chi connectivity index (χ1n) is 11.3. The van der Waals surface area contributed by atoms with Crippen LogP contribution in [0.15, 0.2) is 86.8 Å². The van der Waals surface area contributed by atoms with E-state index in [9.17, 15) is 13.7 Å². The number of thiophene rings is 1. The lowest BCUT2D eigenvalue weighted by Crippen LogP contribution is -2.38. The highest BCUT2D eigenvalue weighted by molar-refractivity contribution is 7.92. The summed E-state index contributed by atoms with van der Waals surface area (Å²) in [6, 6.07) is 23.7. The van der Waals surface area contributed by atoms with Crippen molar-refractivity contribution in [2.75, 3.05) is 31.2 Å².